The van der Waals surface area contributed by atoms with Crippen LogP contribution in [0.3, 0.4) is 0 Å². The fourth-order valence-electron chi connectivity index (χ4n) is 4.70. The summed E-state index contributed by atoms with van der Waals surface area (Å²) in [6.07, 6.45) is 8.03. The van der Waals surface area contributed by atoms with E-state index in [9.17, 15) is 30.0 Å². The number of cyclic esters (lactones) is 1. The molecule has 2 rings (SSSR count). The van der Waals surface area contributed by atoms with Crippen molar-refractivity contribution in [1.82, 2.24) is 0 Å². The van der Waals surface area contributed by atoms with Crippen LogP contribution in [0.15, 0.2) is 48.1 Å². The summed E-state index contributed by atoms with van der Waals surface area (Å²) in [5.74, 6) is -1.57. The van der Waals surface area contributed by atoms with Crippen molar-refractivity contribution in [3.63, 3.8) is 0 Å². The molecule has 1 fully saturated rings. The molecule has 0 radical (unpaired) electrons. The van der Waals surface area contributed by atoms with Gasteiger partial charge in [0.05, 0.1) is 36.4 Å². The number of carbonyl (C=O) groups is 2. The van der Waals surface area contributed by atoms with E-state index in [0.29, 0.717) is 18.4 Å². The average molecular weight is 551 g/mol. The van der Waals surface area contributed by atoms with Crippen LogP contribution in [0.2, 0.25) is 0 Å². The molecule has 9 nitrogen and oxygen atoms in total. The molecule has 10 atom stereocenters. The van der Waals surface area contributed by atoms with Crippen LogP contribution in [-0.2, 0) is 23.8 Å². The molecule has 0 spiro atoms. The first-order chi connectivity index (χ1) is 18.1. The predicted octanol–water partition coefficient (Wildman–Crippen LogP) is 2.91. The second-order valence-corrected chi connectivity index (χ2v) is 11.3. The number of epoxide rings is 1. The molecule has 4 N–H and O–H groups in total. The topological polar surface area (TPSA) is 146 Å². The third-order valence-corrected chi connectivity index (χ3v) is 7.27. The minimum Gasteiger partial charge on any atom is -0.457 e. The Hall–Kier alpha value is -2.30. The van der Waals surface area contributed by atoms with Gasteiger partial charge in [0.25, 0.3) is 0 Å². The van der Waals surface area contributed by atoms with Gasteiger partial charge in [0.15, 0.2) is 6.10 Å². The third-order valence-electron chi connectivity index (χ3n) is 7.27. The van der Waals surface area contributed by atoms with Crippen molar-refractivity contribution in [2.45, 2.75) is 116 Å². The van der Waals surface area contributed by atoms with Gasteiger partial charge in [-0.2, -0.15) is 0 Å². The Morgan fingerprint density at radius 1 is 1.31 bits per heavy atom. The highest BCUT2D eigenvalue weighted by Crippen LogP contribution is 2.37. The second-order valence-electron chi connectivity index (χ2n) is 11.3. The fraction of sp³-hybridized carbons (Fsp3) is 0.667. The number of carbonyl (C=O) groups excluding carboxylic acids is 2. The monoisotopic (exact) mass is 550 g/mol. The van der Waals surface area contributed by atoms with E-state index in [4.69, 9.17) is 14.2 Å². The number of ether oxygens (including phenoxy) is 3. The summed E-state index contributed by atoms with van der Waals surface area (Å²) in [6, 6.07) is 0. The number of esters is 2. The Bertz CT molecular complexity index is 961. The molecule has 0 amide bonds. The maximum atomic E-state index is 12.6. The van der Waals surface area contributed by atoms with Crippen LogP contribution < -0.4 is 0 Å². The number of hydrogen-bond donors (Lipinski definition) is 4. The Labute approximate surface area is 231 Å². The molecular formula is C30H46O9. The lowest BCUT2D eigenvalue weighted by Crippen LogP contribution is -2.40. The van der Waals surface area contributed by atoms with Gasteiger partial charge < -0.3 is 34.6 Å². The minimum absolute atomic E-state index is 0.00889. The molecule has 0 saturated carbocycles. The SMILES string of the molecule is CCC(O)C(C)C1OC1CC(C)(O)C=CC=C(C)C1OC(=O)CC(O)C=CC(C)(O)C(OC(C)=O)C=CC1C. The van der Waals surface area contributed by atoms with Crippen LogP contribution >= 0.6 is 0 Å². The molecule has 2 heterocycles. The fourth-order valence-corrected chi connectivity index (χ4v) is 4.70. The smallest absolute Gasteiger partial charge is 0.309 e. The molecule has 2 aliphatic heterocycles. The zero-order chi connectivity index (χ0) is 29.5. The van der Waals surface area contributed by atoms with Crippen LogP contribution in [0, 0.1) is 11.8 Å². The number of hydrogen-bond acceptors (Lipinski definition) is 9. The summed E-state index contributed by atoms with van der Waals surface area (Å²) >= 11 is 0. The van der Waals surface area contributed by atoms with Crippen LogP contribution in [0.1, 0.15) is 67.7 Å². The van der Waals surface area contributed by atoms with Gasteiger partial charge in [-0.05, 0) is 38.8 Å². The van der Waals surface area contributed by atoms with Gasteiger partial charge in [0, 0.05) is 25.2 Å². The normalized spacial score (nSPS) is 35.4. The van der Waals surface area contributed by atoms with E-state index < -0.39 is 47.6 Å². The zero-order valence-corrected chi connectivity index (χ0v) is 24.1. The Morgan fingerprint density at radius 3 is 2.59 bits per heavy atom. The van der Waals surface area contributed by atoms with E-state index >= 15 is 0 Å². The zero-order valence-electron chi connectivity index (χ0n) is 24.1. The summed E-state index contributed by atoms with van der Waals surface area (Å²) in [4.78, 5) is 24.2. The summed E-state index contributed by atoms with van der Waals surface area (Å²) in [6.45, 7) is 11.8. The van der Waals surface area contributed by atoms with E-state index in [1.165, 1.54) is 26.0 Å². The van der Waals surface area contributed by atoms with E-state index in [-0.39, 0.29) is 30.5 Å². The Balaban J connectivity index is 2.19. The molecule has 220 valence electrons. The van der Waals surface area contributed by atoms with Crippen molar-refractivity contribution in [3.05, 3.63) is 48.1 Å². The molecule has 0 bridgehead atoms. The van der Waals surface area contributed by atoms with Crippen LogP contribution in [0.4, 0.5) is 0 Å². The molecule has 9 heteroatoms. The van der Waals surface area contributed by atoms with Gasteiger partial charge in [-0.25, -0.2) is 0 Å². The Morgan fingerprint density at radius 2 is 1.97 bits per heavy atom. The Kier molecular flexibility index (Phi) is 11.7. The highest BCUT2D eigenvalue weighted by Gasteiger charge is 2.47. The molecule has 0 aromatic carbocycles. The first-order valence-corrected chi connectivity index (χ1v) is 13.6. The molecule has 2 aliphatic rings. The third kappa shape index (κ3) is 10.3. The van der Waals surface area contributed by atoms with Crippen molar-refractivity contribution in [2.75, 3.05) is 0 Å². The van der Waals surface area contributed by atoms with Crippen LogP contribution in [0.25, 0.3) is 0 Å². The molecule has 1 saturated heterocycles. The predicted molar refractivity (Wildman–Crippen MR) is 146 cm³/mol. The second kappa shape index (κ2) is 13.9. The van der Waals surface area contributed by atoms with E-state index in [2.05, 4.69) is 0 Å². The molecule has 10 unspecified atom stereocenters. The van der Waals surface area contributed by atoms with E-state index in [0.717, 1.165) is 0 Å². The molecule has 0 aromatic rings. The average Bonchev–Trinajstić information content (AvgIpc) is 3.59. The largest absolute Gasteiger partial charge is 0.457 e. The lowest BCUT2D eigenvalue weighted by Gasteiger charge is -2.29. The molecule has 0 aliphatic carbocycles. The van der Waals surface area contributed by atoms with Gasteiger partial charge in [0.1, 0.15) is 11.7 Å². The first-order valence-electron chi connectivity index (χ1n) is 13.6. The van der Waals surface area contributed by atoms with E-state index in [1.54, 1.807) is 44.2 Å². The summed E-state index contributed by atoms with van der Waals surface area (Å²) < 4.78 is 16.7. The van der Waals surface area contributed by atoms with Crippen molar-refractivity contribution in [3.8, 4) is 0 Å². The van der Waals surface area contributed by atoms with Gasteiger partial charge >= 0.3 is 11.9 Å². The van der Waals surface area contributed by atoms with Gasteiger partial charge in [-0.15, -0.1) is 0 Å². The summed E-state index contributed by atoms with van der Waals surface area (Å²) in [5, 5.41) is 42.0. The van der Waals surface area contributed by atoms with Gasteiger partial charge in [-0.3, -0.25) is 9.59 Å². The van der Waals surface area contributed by atoms with Gasteiger partial charge in [0.2, 0.25) is 0 Å². The van der Waals surface area contributed by atoms with Crippen molar-refractivity contribution >= 4 is 11.9 Å². The molecular weight excluding hydrogens is 504 g/mol. The maximum absolute atomic E-state index is 12.6. The summed E-state index contributed by atoms with van der Waals surface area (Å²) in [7, 11) is 0. The molecule has 39 heavy (non-hydrogen) atoms. The standard InChI is InChI=1S/C30H46O9/c1-8-23(33)20(4)28-24(38-28)17-29(6,35)14-9-10-18(2)27-19(3)11-12-25(37-21(5)31)30(7,36)15-13-22(32)16-26(34)39-27/h9-15,19-20,22-25,27-28,32-33,35-36H,8,16-17H2,1-7H3. The van der Waals surface area contributed by atoms with Crippen LogP contribution in [-0.4, -0.2) is 80.2 Å². The lowest BCUT2D eigenvalue weighted by molar-refractivity contribution is -0.152. The van der Waals surface area contributed by atoms with Gasteiger partial charge in [-0.1, -0.05) is 57.2 Å². The van der Waals surface area contributed by atoms with Crippen molar-refractivity contribution in [2.24, 2.45) is 11.8 Å². The maximum Gasteiger partial charge on any atom is 0.309 e. The van der Waals surface area contributed by atoms with Crippen molar-refractivity contribution < 1.29 is 44.2 Å². The highest BCUT2D eigenvalue weighted by atomic mass is 16.6. The molecule has 0 aromatic heterocycles. The number of rotatable bonds is 9. The highest BCUT2D eigenvalue weighted by molar-refractivity contribution is 5.71. The number of allylic oxidation sites excluding steroid dienone is 2. The number of aliphatic hydroxyl groups is 4. The number of aliphatic hydroxyl groups excluding tert-OH is 2. The summed E-state index contributed by atoms with van der Waals surface area (Å²) in [5.41, 5.74) is -2.08. The van der Waals surface area contributed by atoms with Crippen molar-refractivity contribution in [1.29, 1.82) is 0 Å². The lowest BCUT2D eigenvalue weighted by atomic mass is 9.91. The quantitative estimate of drug-likeness (QED) is 0.147. The first kappa shape index (κ1) is 32.9. The van der Waals surface area contributed by atoms with Crippen LogP contribution in [0.5, 0.6) is 0 Å². The minimum atomic E-state index is -1.61. The van der Waals surface area contributed by atoms with E-state index in [1.807, 2.05) is 20.8 Å².